The molecule has 0 heterocycles. The van der Waals surface area contributed by atoms with Crippen LogP contribution in [0.2, 0.25) is 15.1 Å². The zero-order valence-electron chi connectivity index (χ0n) is 7.30. The molecule has 1 aromatic carbocycles. The van der Waals surface area contributed by atoms with Crippen LogP contribution in [0.3, 0.4) is 0 Å². The second-order valence-corrected chi connectivity index (χ2v) is 4.07. The van der Waals surface area contributed by atoms with Gasteiger partial charge in [0.05, 0.1) is 10.0 Å². The molecule has 0 saturated carbocycles. The molecule has 0 aromatic heterocycles. The van der Waals surface area contributed by atoms with Crippen LogP contribution in [0.5, 0.6) is 0 Å². The first-order valence-corrected chi connectivity index (χ1v) is 5.21. The number of aliphatic hydroxyl groups excluding tert-OH is 1. The van der Waals surface area contributed by atoms with Gasteiger partial charge in [-0.2, -0.15) is 0 Å². The molecule has 0 saturated heterocycles. The topological polar surface area (TPSA) is 46.2 Å². The molecule has 2 nitrogen and oxygen atoms in total. The summed E-state index contributed by atoms with van der Waals surface area (Å²) in [5.74, 6) is 0. The first-order chi connectivity index (χ1) is 6.57. The second kappa shape index (κ2) is 5.19. The Balaban J connectivity index is 3.11. The smallest absolute Gasteiger partial charge is 0.0654 e. The fraction of sp³-hybridized carbons (Fsp3) is 0.333. The molecule has 0 unspecified atom stereocenters. The summed E-state index contributed by atoms with van der Waals surface area (Å²) in [6, 6.07) is 2.86. The number of aliphatic hydroxyl groups is 1. The molecule has 1 rings (SSSR count). The van der Waals surface area contributed by atoms with Crippen LogP contribution < -0.4 is 5.73 Å². The van der Waals surface area contributed by atoms with Crippen LogP contribution in [-0.4, -0.2) is 11.7 Å². The van der Waals surface area contributed by atoms with Crippen molar-refractivity contribution >= 4 is 34.8 Å². The van der Waals surface area contributed by atoms with Gasteiger partial charge < -0.3 is 10.8 Å². The third-order valence-corrected chi connectivity index (χ3v) is 3.04. The van der Waals surface area contributed by atoms with E-state index < -0.39 is 6.04 Å². The maximum Gasteiger partial charge on any atom is 0.0654 e. The Morgan fingerprint density at radius 2 is 1.79 bits per heavy atom. The van der Waals surface area contributed by atoms with Crippen molar-refractivity contribution in [3.05, 3.63) is 32.8 Å². The van der Waals surface area contributed by atoms with Crippen LogP contribution in [0, 0.1) is 0 Å². The zero-order chi connectivity index (χ0) is 10.7. The summed E-state index contributed by atoms with van der Waals surface area (Å²) in [7, 11) is 0. The van der Waals surface area contributed by atoms with E-state index in [0.29, 0.717) is 27.1 Å². The van der Waals surface area contributed by atoms with Gasteiger partial charge >= 0.3 is 0 Å². The molecule has 3 N–H and O–H groups in total. The summed E-state index contributed by atoms with van der Waals surface area (Å²) in [6.07, 6.45) is 0.403. The molecule has 0 bridgehead atoms. The number of hydrogen-bond donors (Lipinski definition) is 2. The zero-order valence-corrected chi connectivity index (χ0v) is 9.57. The van der Waals surface area contributed by atoms with Crippen LogP contribution in [0.1, 0.15) is 18.0 Å². The minimum absolute atomic E-state index is 0.0136. The minimum Gasteiger partial charge on any atom is -0.396 e. The number of benzene rings is 1. The van der Waals surface area contributed by atoms with E-state index in [1.54, 1.807) is 12.1 Å². The third kappa shape index (κ3) is 2.53. The fourth-order valence-electron chi connectivity index (χ4n) is 1.17. The van der Waals surface area contributed by atoms with E-state index in [9.17, 15) is 0 Å². The van der Waals surface area contributed by atoms with Gasteiger partial charge in [0.25, 0.3) is 0 Å². The van der Waals surface area contributed by atoms with Crippen molar-refractivity contribution in [2.75, 3.05) is 6.61 Å². The largest absolute Gasteiger partial charge is 0.396 e. The summed E-state index contributed by atoms with van der Waals surface area (Å²) in [4.78, 5) is 0. The van der Waals surface area contributed by atoms with Crippen LogP contribution >= 0.6 is 34.8 Å². The monoisotopic (exact) mass is 253 g/mol. The Labute approximate surface area is 97.6 Å². The Morgan fingerprint density at radius 1 is 1.21 bits per heavy atom. The van der Waals surface area contributed by atoms with Crippen molar-refractivity contribution in [3.8, 4) is 0 Å². The number of hydrogen-bond acceptors (Lipinski definition) is 2. The Morgan fingerprint density at radius 3 is 2.36 bits per heavy atom. The summed E-state index contributed by atoms with van der Waals surface area (Å²) in [5, 5.41) is 10.00. The van der Waals surface area contributed by atoms with Gasteiger partial charge in [0.1, 0.15) is 0 Å². The van der Waals surface area contributed by atoms with Crippen LogP contribution in [-0.2, 0) is 0 Å². The first kappa shape index (κ1) is 12.1. The van der Waals surface area contributed by atoms with Crippen molar-refractivity contribution in [1.82, 2.24) is 0 Å². The SMILES string of the molecule is N[C@H](CCO)c1c(Cl)ccc(Cl)c1Cl. The highest BCUT2D eigenvalue weighted by atomic mass is 35.5. The molecule has 1 aromatic rings. The number of rotatable bonds is 3. The average Bonchev–Trinajstić information content (AvgIpc) is 2.13. The molecule has 0 aliphatic heterocycles. The van der Waals surface area contributed by atoms with E-state index in [2.05, 4.69) is 0 Å². The molecule has 1 atom stereocenters. The standard InChI is InChI=1S/C9H10Cl3NO/c10-5-1-2-6(11)9(12)8(5)7(13)3-4-14/h1-2,7,14H,3-4,13H2/t7-/m1/s1. The summed E-state index contributed by atoms with van der Waals surface area (Å²) in [6.45, 7) is -0.0136. The third-order valence-electron chi connectivity index (χ3n) is 1.89. The van der Waals surface area contributed by atoms with Gasteiger partial charge in [0, 0.05) is 23.2 Å². The van der Waals surface area contributed by atoms with E-state index in [0.717, 1.165) is 0 Å². The van der Waals surface area contributed by atoms with Crippen LogP contribution in [0.25, 0.3) is 0 Å². The summed E-state index contributed by atoms with van der Waals surface area (Å²) in [5.41, 5.74) is 6.38. The lowest BCUT2D eigenvalue weighted by atomic mass is 10.1. The lowest BCUT2D eigenvalue weighted by Gasteiger charge is -2.14. The number of halogens is 3. The quantitative estimate of drug-likeness (QED) is 0.815. The van der Waals surface area contributed by atoms with Crippen molar-refractivity contribution in [1.29, 1.82) is 0 Å². The Hall–Kier alpha value is 0.01000. The van der Waals surface area contributed by atoms with Crippen LogP contribution in [0.15, 0.2) is 12.1 Å². The summed E-state index contributed by atoms with van der Waals surface area (Å²) < 4.78 is 0. The predicted molar refractivity (Wildman–Crippen MR) is 60.1 cm³/mol. The van der Waals surface area contributed by atoms with Crippen LogP contribution in [0.4, 0.5) is 0 Å². The van der Waals surface area contributed by atoms with Gasteiger partial charge in [-0.15, -0.1) is 0 Å². The van der Waals surface area contributed by atoms with Gasteiger partial charge in [-0.05, 0) is 18.6 Å². The lowest BCUT2D eigenvalue weighted by molar-refractivity contribution is 0.276. The van der Waals surface area contributed by atoms with Gasteiger partial charge in [-0.3, -0.25) is 0 Å². The van der Waals surface area contributed by atoms with Gasteiger partial charge in [0.15, 0.2) is 0 Å². The van der Waals surface area contributed by atoms with Crippen molar-refractivity contribution in [3.63, 3.8) is 0 Å². The highest BCUT2D eigenvalue weighted by Crippen LogP contribution is 2.35. The highest BCUT2D eigenvalue weighted by molar-refractivity contribution is 6.44. The average molecular weight is 255 g/mol. The first-order valence-electron chi connectivity index (χ1n) is 4.07. The molecule has 5 heteroatoms. The Kier molecular flexibility index (Phi) is 4.48. The fourth-order valence-corrected chi connectivity index (χ4v) is 1.98. The van der Waals surface area contributed by atoms with Gasteiger partial charge in [-0.1, -0.05) is 34.8 Å². The van der Waals surface area contributed by atoms with Crippen molar-refractivity contribution in [2.24, 2.45) is 5.73 Å². The van der Waals surface area contributed by atoms with Crippen molar-refractivity contribution < 1.29 is 5.11 Å². The van der Waals surface area contributed by atoms with E-state index in [-0.39, 0.29) is 6.61 Å². The highest BCUT2D eigenvalue weighted by Gasteiger charge is 2.15. The molecule has 0 spiro atoms. The maximum atomic E-state index is 8.75. The minimum atomic E-state index is -0.390. The molecule has 0 radical (unpaired) electrons. The van der Waals surface area contributed by atoms with E-state index in [1.807, 2.05) is 0 Å². The molecular formula is C9H10Cl3NO. The van der Waals surface area contributed by atoms with E-state index >= 15 is 0 Å². The van der Waals surface area contributed by atoms with Gasteiger partial charge in [-0.25, -0.2) is 0 Å². The second-order valence-electron chi connectivity index (χ2n) is 2.88. The summed E-state index contributed by atoms with van der Waals surface area (Å²) >= 11 is 17.7. The van der Waals surface area contributed by atoms with Crippen molar-refractivity contribution in [2.45, 2.75) is 12.5 Å². The molecule has 0 fully saturated rings. The molecule has 0 amide bonds. The molecular weight excluding hydrogens is 244 g/mol. The predicted octanol–water partition coefficient (Wildman–Crippen LogP) is 3.03. The molecule has 0 aliphatic rings. The molecule has 14 heavy (non-hydrogen) atoms. The number of nitrogens with two attached hydrogens (primary N) is 1. The van der Waals surface area contributed by atoms with E-state index in [1.165, 1.54) is 0 Å². The van der Waals surface area contributed by atoms with E-state index in [4.69, 9.17) is 45.6 Å². The normalized spacial score (nSPS) is 12.9. The maximum absolute atomic E-state index is 8.75. The van der Waals surface area contributed by atoms with Gasteiger partial charge in [0.2, 0.25) is 0 Å². The lowest BCUT2D eigenvalue weighted by Crippen LogP contribution is -2.13. The Bertz CT molecular complexity index is 330. The molecule has 0 aliphatic carbocycles. The molecule has 78 valence electrons.